The van der Waals surface area contributed by atoms with Crippen molar-refractivity contribution < 1.29 is 14.3 Å². The first-order valence-electron chi connectivity index (χ1n) is 4.81. The van der Waals surface area contributed by atoms with Crippen LogP contribution in [-0.2, 0) is 9.47 Å². The van der Waals surface area contributed by atoms with E-state index in [0.717, 1.165) is 0 Å². The third kappa shape index (κ3) is 3.67. The Morgan fingerprint density at radius 1 is 1.56 bits per heavy atom. The van der Waals surface area contributed by atoms with Crippen LogP contribution in [-0.4, -0.2) is 30.8 Å². The van der Waals surface area contributed by atoms with E-state index in [1.54, 1.807) is 0 Å². The van der Waals surface area contributed by atoms with Crippen LogP contribution in [0.25, 0.3) is 0 Å². The number of carbonyl (C=O) groups excluding carboxylic acids is 1. The van der Waals surface area contributed by atoms with E-state index in [2.05, 4.69) is 4.98 Å². The van der Waals surface area contributed by atoms with E-state index < -0.39 is 5.97 Å². The summed E-state index contributed by atoms with van der Waals surface area (Å²) in [5.41, 5.74) is 6.02. The molecule has 2 N–H and O–H groups in total. The molecule has 88 valence electrons. The van der Waals surface area contributed by atoms with Gasteiger partial charge < -0.3 is 15.2 Å². The SMILES string of the molecule is CCOCCOC(=O)c1cc(N)cnc1Cl. The fourth-order valence-corrected chi connectivity index (χ4v) is 1.20. The summed E-state index contributed by atoms with van der Waals surface area (Å²) in [5.74, 6) is -0.551. The van der Waals surface area contributed by atoms with Gasteiger partial charge in [-0.15, -0.1) is 0 Å². The number of carbonyl (C=O) groups is 1. The molecule has 1 aromatic heterocycles. The van der Waals surface area contributed by atoms with E-state index in [-0.39, 0.29) is 17.3 Å². The van der Waals surface area contributed by atoms with E-state index in [0.29, 0.717) is 18.9 Å². The van der Waals surface area contributed by atoms with E-state index in [4.69, 9.17) is 26.8 Å². The number of aromatic nitrogens is 1. The summed E-state index contributed by atoms with van der Waals surface area (Å²) >= 11 is 5.73. The second-order valence-electron chi connectivity index (χ2n) is 2.94. The van der Waals surface area contributed by atoms with Crippen molar-refractivity contribution in [2.45, 2.75) is 6.92 Å². The Kier molecular flexibility index (Phi) is 5.01. The highest BCUT2D eigenvalue weighted by Crippen LogP contribution is 2.16. The van der Waals surface area contributed by atoms with E-state index in [1.807, 2.05) is 6.92 Å². The van der Waals surface area contributed by atoms with Gasteiger partial charge in [-0.25, -0.2) is 9.78 Å². The molecule has 5 nitrogen and oxygen atoms in total. The van der Waals surface area contributed by atoms with Gasteiger partial charge in [0.05, 0.1) is 24.1 Å². The van der Waals surface area contributed by atoms with Crippen molar-refractivity contribution in [2.24, 2.45) is 0 Å². The third-order valence-corrected chi connectivity index (χ3v) is 2.05. The lowest BCUT2D eigenvalue weighted by atomic mass is 10.3. The van der Waals surface area contributed by atoms with E-state index in [1.165, 1.54) is 12.3 Å². The number of hydrogen-bond donors (Lipinski definition) is 1. The van der Waals surface area contributed by atoms with E-state index in [9.17, 15) is 4.79 Å². The number of nitrogens with zero attached hydrogens (tertiary/aromatic N) is 1. The largest absolute Gasteiger partial charge is 0.460 e. The van der Waals surface area contributed by atoms with Crippen molar-refractivity contribution in [1.29, 1.82) is 0 Å². The summed E-state index contributed by atoms with van der Waals surface area (Å²) in [6.45, 7) is 2.98. The van der Waals surface area contributed by atoms with Gasteiger partial charge in [0, 0.05) is 6.61 Å². The third-order valence-electron chi connectivity index (χ3n) is 1.75. The highest BCUT2D eigenvalue weighted by Gasteiger charge is 2.13. The molecule has 1 heterocycles. The lowest BCUT2D eigenvalue weighted by Gasteiger charge is -2.06. The first-order valence-corrected chi connectivity index (χ1v) is 5.18. The van der Waals surface area contributed by atoms with Gasteiger partial charge in [-0.3, -0.25) is 0 Å². The maximum Gasteiger partial charge on any atom is 0.341 e. The molecule has 0 aliphatic carbocycles. The van der Waals surface area contributed by atoms with Gasteiger partial charge in [-0.05, 0) is 13.0 Å². The molecule has 0 saturated carbocycles. The van der Waals surface area contributed by atoms with Crippen LogP contribution in [0.4, 0.5) is 5.69 Å². The number of anilines is 1. The first kappa shape index (κ1) is 12.7. The number of ether oxygens (including phenoxy) is 2. The van der Waals surface area contributed by atoms with Gasteiger partial charge in [0.15, 0.2) is 0 Å². The Labute approximate surface area is 98.5 Å². The molecule has 0 aliphatic rings. The molecule has 0 spiro atoms. The molecule has 1 rings (SSSR count). The molecule has 0 saturated heterocycles. The quantitative estimate of drug-likeness (QED) is 0.483. The fraction of sp³-hybridized carbons (Fsp3) is 0.400. The molecule has 0 unspecified atom stereocenters. The van der Waals surface area contributed by atoms with Crippen molar-refractivity contribution in [2.75, 3.05) is 25.6 Å². The highest BCUT2D eigenvalue weighted by molar-refractivity contribution is 6.32. The van der Waals surface area contributed by atoms with Crippen molar-refractivity contribution in [3.05, 3.63) is 23.0 Å². The summed E-state index contributed by atoms with van der Waals surface area (Å²) in [5, 5.41) is 0.0793. The minimum atomic E-state index is -0.551. The minimum absolute atomic E-state index is 0.0793. The lowest BCUT2D eigenvalue weighted by molar-refractivity contribution is 0.0335. The Balaban J connectivity index is 2.55. The smallest absolute Gasteiger partial charge is 0.341 e. The molecule has 0 amide bonds. The summed E-state index contributed by atoms with van der Waals surface area (Å²) in [6.07, 6.45) is 1.37. The Bertz CT molecular complexity index is 371. The summed E-state index contributed by atoms with van der Waals surface area (Å²) in [6, 6.07) is 1.43. The van der Waals surface area contributed by atoms with Gasteiger partial charge in [0.2, 0.25) is 0 Å². The van der Waals surface area contributed by atoms with Crippen molar-refractivity contribution in [3.63, 3.8) is 0 Å². The fourth-order valence-electron chi connectivity index (χ4n) is 1.02. The van der Waals surface area contributed by atoms with Crippen LogP contribution in [0, 0.1) is 0 Å². The molecule has 0 atom stereocenters. The normalized spacial score (nSPS) is 10.1. The topological polar surface area (TPSA) is 74.4 Å². The van der Waals surface area contributed by atoms with Crippen molar-refractivity contribution in [3.8, 4) is 0 Å². The molecule has 16 heavy (non-hydrogen) atoms. The van der Waals surface area contributed by atoms with Crippen LogP contribution in [0.15, 0.2) is 12.3 Å². The average molecular weight is 245 g/mol. The van der Waals surface area contributed by atoms with Gasteiger partial charge in [0.1, 0.15) is 11.8 Å². The number of pyridine rings is 1. The van der Waals surface area contributed by atoms with Crippen LogP contribution in [0.1, 0.15) is 17.3 Å². The maximum atomic E-state index is 11.5. The van der Waals surface area contributed by atoms with Crippen LogP contribution in [0.2, 0.25) is 5.15 Å². The molecular formula is C10H13ClN2O3. The number of nitrogen functional groups attached to an aromatic ring is 1. The summed E-state index contributed by atoms with van der Waals surface area (Å²) in [7, 11) is 0. The number of esters is 1. The molecule has 0 fully saturated rings. The van der Waals surface area contributed by atoms with Gasteiger partial charge in [-0.2, -0.15) is 0 Å². The average Bonchev–Trinajstić information content (AvgIpc) is 2.27. The molecule has 0 aromatic carbocycles. The van der Waals surface area contributed by atoms with Gasteiger partial charge in [0.25, 0.3) is 0 Å². The lowest BCUT2D eigenvalue weighted by Crippen LogP contribution is -2.12. The Morgan fingerprint density at radius 3 is 3.00 bits per heavy atom. The zero-order valence-electron chi connectivity index (χ0n) is 8.90. The minimum Gasteiger partial charge on any atom is -0.460 e. The van der Waals surface area contributed by atoms with Crippen LogP contribution >= 0.6 is 11.6 Å². The van der Waals surface area contributed by atoms with Gasteiger partial charge >= 0.3 is 5.97 Å². The highest BCUT2D eigenvalue weighted by atomic mass is 35.5. The van der Waals surface area contributed by atoms with Gasteiger partial charge in [-0.1, -0.05) is 11.6 Å². The second kappa shape index (κ2) is 6.30. The summed E-state index contributed by atoms with van der Waals surface area (Å²) in [4.78, 5) is 15.3. The Morgan fingerprint density at radius 2 is 2.31 bits per heavy atom. The second-order valence-corrected chi connectivity index (χ2v) is 3.30. The predicted molar refractivity (Wildman–Crippen MR) is 60.4 cm³/mol. The Hall–Kier alpha value is -1.33. The van der Waals surface area contributed by atoms with Crippen LogP contribution in [0.3, 0.4) is 0 Å². The molecular weight excluding hydrogens is 232 g/mol. The summed E-state index contributed by atoms with van der Waals surface area (Å²) < 4.78 is 9.95. The number of hydrogen-bond acceptors (Lipinski definition) is 5. The molecule has 1 aromatic rings. The van der Waals surface area contributed by atoms with Crippen molar-refractivity contribution >= 4 is 23.3 Å². The number of halogens is 1. The zero-order chi connectivity index (χ0) is 12.0. The first-order chi connectivity index (χ1) is 7.65. The molecule has 0 radical (unpaired) electrons. The standard InChI is InChI=1S/C10H13ClN2O3/c1-2-15-3-4-16-10(14)8-5-7(12)6-13-9(8)11/h5-6H,2-4,12H2,1H3. The van der Waals surface area contributed by atoms with Crippen LogP contribution < -0.4 is 5.73 Å². The maximum absolute atomic E-state index is 11.5. The zero-order valence-corrected chi connectivity index (χ0v) is 9.66. The predicted octanol–water partition coefficient (Wildman–Crippen LogP) is 1.51. The number of rotatable bonds is 5. The molecule has 0 bridgehead atoms. The monoisotopic (exact) mass is 244 g/mol. The molecule has 0 aliphatic heterocycles. The van der Waals surface area contributed by atoms with Crippen LogP contribution in [0.5, 0.6) is 0 Å². The van der Waals surface area contributed by atoms with Crippen molar-refractivity contribution in [1.82, 2.24) is 4.98 Å². The van der Waals surface area contributed by atoms with E-state index >= 15 is 0 Å². The molecule has 6 heteroatoms. The number of nitrogens with two attached hydrogens (primary N) is 1.